The Morgan fingerprint density at radius 1 is 1.69 bits per heavy atom. The Balaban J connectivity index is 3.16. The van der Waals surface area contributed by atoms with Gasteiger partial charge in [0.05, 0.1) is 5.71 Å². The number of aryl methyl sites for hydroxylation is 1. The molecular formula is C9H11N3O. The molecule has 0 unspecified atom stereocenters. The molecule has 0 spiro atoms. The number of oxime groups is 1. The maximum atomic E-state index is 8.84. The summed E-state index contributed by atoms with van der Waals surface area (Å²) in [5, 5.41) is 12.6. The molecule has 0 saturated heterocycles. The Labute approximate surface area is 77.0 Å². The third-order valence-corrected chi connectivity index (χ3v) is 1.80. The van der Waals surface area contributed by atoms with Crippen LogP contribution in [0.3, 0.4) is 0 Å². The van der Waals surface area contributed by atoms with Crippen LogP contribution in [-0.2, 0) is 11.9 Å². The van der Waals surface area contributed by atoms with E-state index in [4.69, 9.17) is 5.26 Å². The van der Waals surface area contributed by atoms with Crippen molar-refractivity contribution in [2.45, 2.75) is 6.92 Å². The lowest BCUT2D eigenvalue weighted by molar-refractivity contribution is 0.213. The average Bonchev–Trinajstić information content (AvgIpc) is 2.47. The number of nitriles is 1. The lowest BCUT2D eigenvalue weighted by Gasteiger charge is -1.97. The molecule has 0 saturated carbocycles. The fraction of sp³-hybridized carbons (Fsp3) is 0.333. The molecule has 0 aromatic carbocycles. The quantitative estimate of drug-likeness (QED) is 0.504. The molecule has 0 bridgehead atoms. The maximum absolute atomic E-state index is 8.84. The lowest BCUT2D eigenvalue weighted by atomic mass is 10.2. The average molecular weight is 177 g/mol. The van der Waals surface area contributed by atoms with Gasteiger partial charge in [-0.1, -0.05) is 5.16 Å². The van der Waals surface area contributed by atoms with E-state index in [0.29, 0.717) is 11.4 Å². The minimum atomic E-state index is 0.596. The van der Waals surface area contributed by atoms with Gasteiger partial charge in [-0.05, 0) is 13.0 Å². The molecule has 0 aliphatic carbocycles. The molecule has 1 rings (SSSR count). The van der Waals surface area contributed by atoms with Crippen LogP contribution in [0.2, 0.25) is 0 Å². The summed E-state index contributed by atoms with van der Waals surface area (Å²) in [6.45, 7) is 1.81. The van der Waals surface area contributed by atoms with Crippen LogP contribution in [0.1, 0.15) is 18.2 Å². The molecule has 4 heteroatoms. The van der Waals surface area contributed by atoms with Gasteiger partial charge in [-0.3, -0.25) is 0 Å². The second-order valence-electron chi connectivity index (χ2n) is 2.66. The molecular weight excluding hydrogens is 166 g/mol. The molecule has 0 aliphatic rings. The molecule has 68 valence electrons. The highest BCUT2D eigenvalue weighted by Gasteiger charge is 2.08. The van der Waals surface area contributed by atoms with Crippen molar-refractivity contribution >= 4 is 5.71 Å². The lowest BCUT2D eigenvalue weighted by Crippen LogP contribution is -1.99. The standard InChI is InChI=1S/C9H11N3O/c1-7(11-13-3)8-4-5-12(2)9(8)6-10/h4-5H,1-3H3. The van der Waals surface area contributed by atoms with E-state index in [2.05, 4.69) is 16.1 Å². The number of nitrogens with zero attached hydrogens (tertiary/aromatic N) is 3. The van der Waals surface area contributed by atoms with Gasteiger partial charge < -0.3 is 9.40 Å². The number of rotatable bonds is 2. The Morgan fingerprint density at radius 3 is 2.92 bits per heavy atom. The molecule has 0 N–H and O–H groups in total. The summed E-state index contributed by atoms with van der Waals surface area (Å²) in [5.41, 5.74) is 2.12. The molecule has 0 radical (unpaired) electrons. The van der Waals surface area contributed by atoms with Gasteiger partial charge in [-0.25, -0.2) is 0 Å². The van der Waals surface area contributed by atoms with Crippen molar-refractivity contribution in [1.82, 2.24) is 4.57 Å². The van der Waals surface area contributed by atoms with Gasteiger partial charge in [0.15, 0.2) is 0 Å². The van der Waals surface area contributed by atoms with Gasteiger partial charge in [0.25, 0.3) is 0 Å². The van der Waals surface area contributed by atoms with Crippen molar-refractivity contribution < 1.29 is 4.84 Å². The first-order chi connectivity index (χ1) is 6.20. The Hall–Kier alpha value is -1.76. The van der Waals surface area contributed by atoms with E-state index >= 15 is 0 Å². The summed E-state index contributed by atoms with van der Waals surface area (Å²) in [6, 6.07) is 3.95. The number of hydrogen-bond donors (Lipinski definition) is 0. The second kappa shape index (κ2) is 3.76. The molecule has 1 heterocycles. The monoisotopic (exact) mass is 177 g/mol. The second-order valence-corrected chi connectivity index (χ2v) is 2.66. The molecule has 13 heavy (non-hydrogen) atoms. The largest absolute Gasteiger partial charge is 0.399 e. The Bertz CT molecular complexity index is 371. The van der Waals surface area contributed by atoms with Crippen molar-refractivity contribution in [1.29, 1.82) is 5.26 Å². The van der Waals surface area contributed by atoms with Crippen molar-refractivity contribution in [2.75, 3.05) is 7.11 Å². The molecule has 0 amide bonds. The summed E-state index contributed by atoms with van der Waals surface area (Å²) in [5.74, 6) is 0. The van der Waals surface area contributed by atoms with Crippen LogP contribution in [0.5, 0.6) is 0 Å². The molecule has 0 atom stereocenters. The van der Waals surface area contributed by atoms with Gasteiger partial charge in [0.2, 0.25) is 0 Å². The highest BCUT2D eigenvalue weighted by Crippen LogP contribution is 2.09. The van der Waals surface area contributed by atoms with Crippen LogP contribution < -0.4 is 0 Å². The van der Waals surface area contributed by atoms with Crippen molar-refractivity contribution in [3.05, 3.63) is 23.5 Å². The fourth-order valence-corrected chi connectivity index (χ4v) is 1.15. The summed E-state index contributed by atoms with van der Waals surface area (Å²) < 4.78 is 1.75. The van der Waals surface area contributed by atoms with Crippen LogP contribution in [0.4, 0.5) is 0 Å². The van der Waals surface area contributed by atoms with E-state index < -0.39 is 0 Å². The van der Waals surface area contributed by atoms with Gasteiger partial charge in [-0.2, -0.15) is 5.26 Å². The molecule has 0 aliphatic heterocycles. The molecule has 1 aromatic rings. The van der Waals surface area contributed by atoms with Crippen LogP contribution >= 0.6 is 0 Å². The van der Waals surface area contributed by atoms with Gasteiger partial charge in [0.1, 0.15) is 18.9 Å². The highest BCUT2D eigenvalue weighted by atomic mass is 16.6. The summed E-state index contributed by atoms with van der Waals surface area (Å²) in [6.07, 6.45) is 1.82. The van der Waals surface area contributed by atoms with Crippen LogP contribution in [0.15, 0.2) is 17.4 Å². The zero-order chi connectivity index (χ0) is 9.84. The van der Waals surface area contributed by atoms with Gasteiger partial charge in [-0.15, -0.1) is 0 Å². The van der Waals surface area contributed by atoms with E-state index in [1.54, 1.807) is 11.5 Å². The Morgan fingerprint density at radius 2 is 2.38 bits per heavy atom. The van der Waals surface area contributed by atoms with Crippen LogP contribution in [0, 0.1) is 11.3 Å². The predicted molar refractivity (Wildman–Crippen MR) is 49.3 cm³/mol. The first-order valence-corrected chi connectivity index (χ1v) is 3.84. The van der Waals surface area contributed by atoms with E-state index in [1.807, 2.05) is 19.3 Å². The molecule has 4 nitrogen and oxygen atoms in total. The van der Waals surface area contributed by atoms with E-state index in [0.717, 1.165) is 5.56 Å². The Kier molecular flexibility index (Phi) is 2.70. The third-order valence-electron chi connectivity index (χ3n) is 1.80. The van der Waals surface area contributed by atoms with Crippen LogP contribution in [0.25, 0.3) is 0 Å². The first-order valence-electron chi connectivity index (χ1n) is 3.84. The summed E-state index contributed by atoms with van der Waals surface area (Å²) >= 11 is 0. The van der Waals surface area contributed by atoms with E-state index in [1.165, 1.54) is 7.11 Å². The van der Waals surface area contributed by atoms with Crippen molar-refractivity contribution in [2.24, 2.45) is 12.2 Å². The zero-order valence-corrected chi connectivity index (χ0v) is 7.90. The van der Waals surface area contributed by atoms with E-state index in [-0.39, 0.29) is 0 Å². The van der Waals surface area contributed by atoms with Gasteiger partial charge >= 0.3 is 0 Å². The minimum absolute atomic E-state index is 0.596. The number of hydrogen-bond acceptors (Lipinski definition) is 3. The smallest absolute Gasteiger partial charge is 0.129 e. The third kappa shape index (κ3) is 1.70. The predicted octanol–water partition coefficient (Wildman–Crippen LogP) is 1.27. The van der Waals surface area contributed by atoms with Crippen LogP contribution in [-0.4, -0.2) is 17.4 Å². The van der Waals surface area contributed by atoms with Gasteiger partial charge in [0, 0.05) is 18.8 Å². The topological polar surface area (TPSA) is 50.3 Å². The minimum Gasteiger partial charge on any atom is -0.399 e. The maximum Gasteiger partial charge on any atom is 0.129 e. The first kappa shape index (κ1) is 9.33. The summed E-state index contributed by atoms with van der Waals surface area (Å²) in [7, 11) is 3.31. The highest BCUT2D eigenvalue weighted by molar-refractivity contribution is 6.00. The normalized spacial score (nSPS) is 11.1. The molecule has 1 aromatic heterocycles. The van der Waals surface area contributed by atoms with E-state index in [9.17, 15) is 0 Å². The number of aromatic nitrogens is 1. The van der Waals surface area contributed by atoms with Crippen molar-refractivity contribution in [3.8, 4) is 6.07 Å². The summed E-state index contributed by atoms with van der Waals surface area (Å²) in [4.78, 5) is 4.64. The zero-order valence-electron chi connectivity index (χ0n) is 7.90. The fourth-order valence-electron chi connectivity index (χ4n) is 1.15. The SMILES string of the molecule is CON=C(C)c1ccn(C)c1C#N. The van der Waals surface area contributed by atoms with Crippen molar-refractivity contribution in [3.63, 3.8) is 0 Å². The molecule has 0 fully saturated rings.